The number of amides is 1. The minimum Gasteiger partial charge on any atom is -0.493 e. The van der Waals surface area contributed by atoms with Crippen molar-refractivity contribution in [1.82, 2.24) is 9.78 Å². The van der Waals surface area contributed by atoms with Gasteiger partial charge in [0.2, 0.25) is 0 Å². The molecule has 1 aromatic carbocycles. The molecule has 8 heteroatoms. The van der Waals surface area contributed by atoms with Crippen LogP contribution in [0.3, 0.4) is 0 Å². The molecule has 4 rings (SSSR count). The normalized spacial score (nSPS) is 20.6. The standard InChI is InChI=1S/C18H21N3O4S/c1-11-17(12(2)21(20-11)15-6-8-26(23,24)10-15)19-18(22)14-3-4-16-13(9-14)5-7-25-16/h3-4,9,15H,5-8,10H2,1-2H3,(H,19,22). The number of ether oxygens (including phenoxy) is 1. The molecule has 1 fully saturated rings. The Bertz CT molecular complexity index is 994. The summed E-state index contributed by atoms with van der Waals surface area (Å²) in [5.41, 5.74) is 3.73. The van der Waals surface area contributed by atoms with Gasteiger partial charge in [-0.05, 0) is 44.0 Å². The van der Waals surface area contributed by atoms with Gasteiger partial charge in [-0.15, -0.1) is 0 Å². The number of benzene rings is 1. The summed E-state index contributed by atoms with van der Waals surface area (Å²) in [6, 6.07) is 5.26. The van der Waals surface area contributed by atoms with E-state index in [0.29, 0.717) is 30.0 Å². The van der Waals surface area contributed by atoms with E-state index in [9.17, 15) is 13.2 Å². The van der Waals surface area contributed by atoms with Crippen LogP contribution in [0.2, 0.25) is 0 Å². The van der Waals surface area contributed by atoms with Gasteiger partial charge in [-0.25, -0.2) is 8.42 Å². The zero-order chi connectivity index (χ0) is 18.5. The number of rotatable bonds is 3. The number of carbonyl (C=O) groups excluding carboxylic acids is 1. The average Bonchev–Trinajstić information content (AvgIpc) is 3.27. The third kappa shape index (κ3) is 2.98. The van der Waals surface area contributed by atoms with E-state index in [-0.39, 0.29) is 23.5 Å². The first-order chi connectivity index (χ1) is 12.3. The molecule has 26 heavy (non-hydrogen) atoms. The molecule has 1 unspecified atom stereocenters. The van der Waals surface area contributed by atoms with Gasteiger partial charge in [0.1, 0.15) is 5.75 Å². The number of sulfone groups is 1. The van der Waals surface area contributed by atoms with Gasteiger partial charge in [0.25, 0.3) is 5.91 Å². The Hall–Kier alpha value is -2.35. The average molecular weight is 375 g/mol. The predicted molar refractivity (Wildman–Crippen MR) is 97.6 cm³/mol. The minimum atomic E-state index is -3.00. The summed E-state index contributed by atoms with van der Waals surface area (Å²) in [7, 11) is -3.00. The molecule has 138 valence electrons. The minimum absolute atomic E-state index is 0.104. The van der Waals surface area contributed by atoms with Crippen molar-refractivity contribution in [1.29, 1.82) is 0 Å². The Morgan fingerprint density at radius 1 is 1.35 bits per heavy atom. The van der Waals surface area contributed by atoms with Gasteiger partial charge in [0.15, 0.2) is 9.84 Å². The van der Waals surface area contributed by atoms with E-state index >= 15 is 0 Å². The second-order valence-electron chi connectivity index (χ2n) is 6.92. The second kappa shape index (κ2) is 6.12. The molecular weight excluding hydrogens is 354 g/mol. The molecular formula is C18H21N3O4S. The van der Waals surface area contributed by atoms with Gasteiger partial charge in [0.05, 0.1) is 41.2 Å². The van der Waals surface area contributed by atoms with Gasteiger partial charge >= 0.3 is 0 Å². The summed E-state index contributed by atoms with van der Waals surface area (Å²) in [4.78, 5) is 12.7. The first-order valence-corrected chi connectivity index (χ1v) is 10.5. The lowest BCUT2D eigenvalue weighted by Gasteiger charge is -2.12. The number of aryl methyl sites for hydroxylation is 1. The van der Waals surface area contributed by atoms with E-state index in [2.05, 4.69) is 10.4 Å². The first-order valence-electron chi connectivity index (χ1n) is 8.67. The Labute approximate surface area is 152 Å². The zero-order valence-electron chi connectivity index (χ0n) is 14.8. The van der Waals surface area contributed by atoms with Gasteiger partial charge < -0.3 is 10.1 Å². The largest absolute Gasteiger partial charge is 0.493 e. The van der Waals surface area contributed by atoms with Gasteiger partial charge in [-0.3, -0.25) is 9.48 Å². The van der Waals surface area contributed by atoms with Gasteiger partial charge in [-0.2, -0.15) is 5.10 Å². The summed E-state index contributed by atoms with van der Waals surface area (Å²) in [5, 5.41) is 7.42. The maximum absolute atomic E-state index is 12.7. The molecule has 1 N–H and O–H groups in total. The molecule has 0 radical (unpaired) electrons. The molecule has 2 aliphatic heterocycles. The SMILES string of the molecule is Cc1nn(C2CCS(=O)(=O)C2)c(C)c1NC(=O)c1ccc2c(c1)CCO2. The fourth-order valence-corrected chi connectivity index (χ4v) is 5.37. The highest BCUT2D eigenvalue weighted by molar-refractivity contribution is 7.91. The van der Waals surface area contributed by atoms with E-state index in [4.69, 9.17) is 4.74 Å². The van der Waals surface area contributed by atoms with Crippen LogP contribution in [0, 0.1) is 13.8 Å². The molecule has 0 spiro atoms. The monoisotopic (exact) mass is 375 g/mol. The molecule has 2 aliphatic rings. The summed E-state index contributed by atoms with van der Waals surface area (Å²) < 4.78 is 30.7. The van der Waals surface area contributed by atoms with Crippen molar-refractivity contribution in [3.05, 3.63) is 40.7 Å². The molecule has 1 aromatic heterocycles. The van der Waals surface area contributed by atoms with Crippen molar-refractivity contribution in [3.63, 3.8) is 0 Å². The third-order valence-electron chi connectivity index (χ3n) is 5.07. The summed E-state index contributed by atoms with van der Waals surface area (Å²) >= 11 is 0. The number of hydrogen-bond donors (Lipinski definition) is 1. The molecule has 0 aliphatic carbocycles. The molecule has 2 aromatic rings. The lowest BCUT2D eigenvalue weighted by molar-refractivity contribution is 0.102. The van der Waals surface area contributed by atoms with Crippen molar-refractivity contribution in [2.45, 2.75) is 32.7 Å². The molecule has 1 amide bonds. The number of fused-ring (bicyclic) bond motifs is 1. The number of nitrogens with zero attached hydrogens (tertiary/aromatic N) is 2. The highest BCUT2D eigenvalue weighted by Crippen LogP contribution is 2.30. The Kier molecular flexibility index (Phi) is 4.02. The molecule has 1 atom stereocenters. The van der Waals surface area contributed by atoms with Crippen molar-refractivity contribution in [2.75, 3.05) is 23.4 Å². The number of nitrogens with one attached hydrogen (secondary N) is 1. The molecule has 0 saturated carbocycles. The quantitative estimate of drug-likeness (QED) is 0.887. The Morgan fingerprint density at radius 2 is 2.15 bits per heavy atom. The maximum Gasteiger partial charge on any atom is 0.255 e. The van der Waals surface area contributed by atoms with E-state index < -0.39 is 9.84 Å². The van der Waals surface area contributed by atoms with Crippen LogP contribution in [-0.2, 0) is 16.3 Å². The Morgan fingerprint density at radius 3 is 2.88 bits per heavy atom. The number of aromatic nitrogens is 2. The molecule has 1 saturated heterocycles. The first kappa shape index (κ1) is 17.1. The lowest BCUT2D eigenvalue weighted by Crippen LogP contribution is -2.15. The van der Waals surface area contributed by atoms with Crippen molar-refractivity contribution in [2.24, 2.45) is 0 Å². The van der Waals surface area contributed by atoms with Crippen molar-refractivity contribution >= 4 is 21.4 Å². The van der Waals surface area contributed by atoms with Crippen LogP contribution in [0.15, 0.2) is 18.2 Å². The third-order valence-corrected chi connectivity index (χ3v) is 6.82. The smallest absolute Gasteiger partial charge is 0.255 e. The van der Waals surface area contributed by atoms with Crippen LogP contribution in [0.25, 0.3) is 0 Å². The van der Waals surface area contributed by atoms with Crippen molar-refractivity contribution < 1.29 is 17.9 Å². The summed E-state index contributed by atoms with van der Waals surface area (Å²) in [5.74, 6) is 0.927. The number of carbonyl (C=O) groups is 1. The summed E-state index contributed by atoms with van der Waals surface area (Å²) in [6.45, 7) is 4.33. The Balaban J connectivity index is 1.58. The molecule has 7 nitrogen and oxygen atoms in total. The number of anilines is 1. The number of hydrogen-bond acceptors (Lipinski definition) is 5. The van der Waals surface area contributed by atoms with Gasteiger partial charge in [0, 0.05) is 12.0 Å². The van der Waals surface area contributed by atoms with E-state index in [0.717, 1.165) is 23.4 Å². The van der Waals surface area contributed by atoms with Gasteiger partial charge in [-0.1, -0.05) is 0 Å². The lowest BCUT2D eigenvalue weighted by atomic mass is 10.1. The van der Waals surface area contributed by atoms with E-state index in [1.165, 1.54) is 0 Å². The predicted octanol–water partition coefficient (Wildman–Crippen LogP) is 2.05. The maximum atomic E-state index is 12.7. The van der Waals surface area contributed by atoms with Crippen LogP contribution in [0.4, 0.5) is 5.69 Å². The molecule has 3 heterocycles. The van der Waals surface area contributed by atoms with E-state index in [1.807, 2.05) is 26.0 Å². The van der Waals surface area contributed by atoms with Crippen LogP contribution in [-0.4, -0.2) is 42.2 Å². The van der Waals surface area contributed by atoms with Crippen LogP contribution in [0.5, 0.6) is 5.75 Å². The zero-order valence-corrected chi connectivity index (χ0v) is 15.6. The van der Waals surface area contributed by atoms with Crippen LogP contribution >= 0.6 is 0 Å². The topological polar surface area (TPSA) is 90.3 Å². The summed E-state index contributed by atoms with van der Waals surface area (Å²) in [6.07, 6.45) is 1.37. The fourth-order valence-electron chi connectivity index (χ4n) is 3.68. The molecule has 0 bridgehead atoms. The fraction of sp³-hybridized carbons (Fsp3) is 0.444. The highest BCUT2D eigenvalue weighted by atomic mass is 32.2. The van der Waals surface area contributed by atoms with E-state index in [1.54, 1.807) is 10.7 Å². The van der Waals surface area contributed by atoms with Crippen molar-refractivity contribution in [3.8, 4) is 5.75 Å². The van der Waals surface area contributed by atoms with Crippen LogP contribution in [0.1, 0.15) is 39.8 Å². The van der Waals surface area contributed by atoms with Crippen LogP contribution < -0.4 is 10.1 Å². The second-order valence-corrected chi connectivity index (χ2v) is 9.15. The highest BCUT2D eigenvalue weighted by Gasteiger charge is 2.31.